The maximum atomic E-state index is 14.4. The number of halogens is 1. The molecule has 0 amide bonds. The summed E-state index contributed by atoms with van der Waals surface area (Å²) in [6.45, 7) is 4.10. The van der Waals surface area contributed by atoms with Crippen LogP contribution in [0.3, 0.4) is 0 Å². The van der Waals surface area contributed by atoms with E-state index in [1.54, 1.807) is 18.2 Å². The number of carbonyl (C=O) groups is 1. The normalized spacial score (nSPS) is 13.6. The third-order valence-corrected chi connectivity index (χ3v) is 6.38. The van der Waals surface area contributed by atoms with Crippen LogP contribution in [0, 0.1) is 11.7 Å². The van der Waals surface area contributed by atoms with Crippen molar-refractivity contribution in [1.82, 2.24) is 23.9 Å². The van der Waals surface area contributed by atoms with Crippen LogP contribution in [0.2, 0.25) is 0 Å². The van der Waals surface area contributed by atoms with Crippen molar-refractivity contribution in [3.05, 3.63) is 56.5 Å². The first-order valence-corrected chi connectivity index (χ1v) is 11.6. The molecule has 0 spiro atoms. The smallest absolute Gasteiger partial charge is 0.332 e. The highest BCUT2D eigenvalue weighted by atomic mass is 32.2. The second-order valence-electron chi connectivity index (χ2n) is 8.51. The van der Waals surface area contributed by atoms with Gasteiger partial charge in [0.05, 0.1) is 11.3 Å². The number of carbonyl (C=O) groups excluding carboxylic acids is 1. The number of nitrogens with zero attached hydrogens (tertiary/aromatic N) is 5. The Bertz CT molecular complexity index is 1340. The average molecular weight is 473 g/mol. The number of ketones is 1. The van der Waals surface area contributed by atoms with Crippen molar-refractivity contribution in [3.8, 4) is 11.4 Å². The molecule has 2 heterocycles. The zero-order valence-corrected chi connectivity index (χ0v) is 19.4. The van der Waals surface area contributed by atoms with Gasteiger partial charge >= 0.3 is 5.69 Å². The number of nitrogen functional groups attached to an aromatic ring is 1. The van der Waals surface area contributed by atoms with E-state index >= 15 is 0 Å². The predicted molar refractivity (Wildman–Crippen MR) is 124 cm³/mol. The van der Waals surface area contributed by atoms with Gasteiger partial charge in [0.1, 0.15) is 17.2 Å². The van der Waals surface area contributed by atoms with Gasteiger partial charge in [-0.2, -0.15) is 0 Å². The highest BCUT2D eigenvalue weighted by molar-refractivity contribution is 7.99. The fourth-order valence-corrected chi connectivity index (χ4v) is 4.53. The van der Waals surface area contributed by atoms with E-state index in [1.807, 2.05) is 18.4 Å². The Hall–Kier alpha value is -3.21. The van der Waals surface area contributed by atoms with Gasteiger partial charge in [0.2, 0.25) is 0 Å². The number of hydrogen-bond donors (Lipinski definition) is 1. The third-order valence-electron chi connectivity index (χ3n) is 5.43. The number of rotatable bonds is 8. The van der Waals surface area contributed by atoms with Crippen LogP contribution in [0.15, 0.2) is 39.0 Å². The van der Waals surface area contributed by atoms with Crippen LogP contribution in [0.25, 0.3) is 11.4 Å². The van der Waals surface area contributed by atoms with Gasteiger partial charge < -0.3 is 5.73 Å². The standard InChI is InChI=1S/C22H25FN6O3S/c1-12(2)10-28-18(24)17(20(31)27(3)22(28)32)16(30)11-33-21-26-25-19(29(21)13-8-9-13)14-6-4-5-7-15(14)23/h4-7,12-13H,8-11,24H2,1-3H3. The molecule has 0 unspecified atom stereocenters. The summed E-state index contributed by atoms with van der Waals surface area (Å²) in [5.74, 6) is -0.656. The molecule has 0 aliphatic heterocycles. The molecule has 33 heavy (non-hydrogen) atoms. The summed E-state index contributed by atoms with van der Waals surface area (Å²) in [7, 11) is 1.33. The number of anilines is 1. The molecule has 1 fully saturated rings. The van der Waals surface area contributed by atoms with Crippen molar-refractivity contribution >= 4 is 23.4 Å². The number of aromatic nitrogens is 5. The van der Waals surface area contributed by atoms with Gasteiger partial charge in [0.25, 0.3) is 5.56 Å². The number of benzene rings is 1. The molecule has 1 aliphatic rings. The Morgan fingerprint density at radius 2 is 1.94 bits per heavy atom. The average Bonchev–Trinajstić information content (AvgIpc) is 3.53. The van der Waals surface area contributed by atoms with E-state index in [0.29, 0.717) is 16.5 Å². The molecule has 1 aliphatic carbocycles. The Kier molecular flexibility index (Phi) is 6.24. The number of hydrogen-bond acceptors (Lipinski definition) is 7. The Morgan fingerprint density at radius 3 is 2.58 bits per heavy atom. The molecule has 9 nitrogen and oxygen atoms in total. The number of nitrogens with two attached hydrogens (primary N) is 1. The van der Waals surface area contributed by atoms with Crippen molar-refractivity contribution in [2.24, 2.45) is 13.0 Å². The first-order valence-electron chi connectivity index (χ1n) is 10.7. The molecule has 0 atom stereocenters. The van der Waals surface area contributed by atoms with Gasteiger partial charge in [-0.15, -0.1) is 10.2 Å². The molecule has 0 saturated heterocycles. The van der Waals surface area contributed by atoms with Gasteiger partial charge in [0.15, 0.2) is 16.8 Å². The van der Waals surface area contributed by atoms with Gasteiger partial charge in [-0.3, -0.25) is 23.3 Å². The molecule has 2 N–H and O–H groups in total. The van der Waals surface area contributed by atoms with Crippen LogP contribution in [-0.4, -0.2) is 35.4 Å². The Balaban J connectivity index is 1.65. The Labute approximate surface area is 193 Å². The third kappa shape index (κ3) is 4.37. The van der Waals surface area contributed by atoms with Crippen LogP contribution in [0.5, 0.6) is 0 Å². The SMILES string of the molecule is CC(C)Cn1c(N)c(C(=O)CSc2nnc(-c3ccccc3F)n2C2CC2)c(=O)n(C)c1=O. The van der Waals surface area contributed by atoms with Gasteiger partial charge in [-0.1, -0.05) is 37.7 Å². The molecule has 1 saturated carbocycles. The summed E-state index contributed by atoms with van der Waals surface area (Å²) in [6.07, 6.45) is 1.82. The van der Waals surface area contributed by atoms with E-state index in [-0.39, 0.29) is 35.6 Å². The van der Waals surface area contributed by atoms with E-state index in [0.717, 1.165) is 29.2 Å². The molecule has 174 valence electrons. The highest BCUT2D eigenvalue weighted by Gasteiger charge is 2.31. The van der Waals surface area contributed by atoms with E-state index in [1.165, 1.54) is 17.7 Å². The molecular weight excluding hydrogens is 447 g/mol. The zero-order chi connectivity index (χ0) is 23.9. The summed E-state index contributed by atoms with van der Waals surface area (Å²) in [4.78, 5) is 38.2. The summed E-state index contributed by atoms with van der Waals surface area (Å²) in [5, 5.41) is 8.82. The lowest BCUT2D eigenvalue weighted by Crippen LogP contribution is -2.43. The topological polar surface area (TPSA) is 118 Å². The summed E-state index contributed by atoms with van der Waals surface area (Å²) >= 11 is 1.11. The predicted octanol–water partition coefficient (Wildman–Crippen LogP) is 2.49. The monoisotopic (exact) mass is 472 g/mol. The molecule has 3 aromatic rings. The van der Waals surface area contributed by atoms with E-state index in [4.69, 9.17) is 5.73 Å². The van der Waals surface area contributed by atoms with Crippen molar-refractivity contribution in [1.29, 1.82) is 0 Å². The maximum Gasteiger partial charge on any atom is 0.332 e. The van der Waals surface area contributed by atoms with Crippen molar-refractivity contribution in [3.63, 3.8) is 0 Å². The van der Waals surface area contributed by atoms with E-state index in [9.17, 15) is 18.8 Å². The van der Waals surface area contributed by atoms with Crippen LogP contribution >= 0.6 is 11.8 Å². The fraction of sp³-hybridized carbons (Fsp3) is 0.409. The lowest BCUT2D eigenvalue weighted by atomic mass is 10.2. The molecular formula is C22H25FN6O3S. The highest BCUT2D eigenvalue weighted by Crippen LogP contribution is 2.41. The van der Waals surface area contributed by atoms with Gasteiger partial charge in [-0.05, 0) is 30.9 Å². The quantitative estimate of drug-likeness (QED) is 0.395. The minimum atomic E-state index is -0.723. The van der Waals surface area contributed by atoms with Crippen molar-refractivity contribution in [2.75, 3.05) is 11.5 Å². The minimum absolute atomic E-state index is 0.0914. The Morgan fingerprint density at radius 1 is 1.24 bits per heavy atom. The second-order valence-corrected chi connectivity index (χ2v) is 9.45. The molecule has 0 radical (unpaired) electrons. The summed E-state index contributed by atoms with van der Waals surface area (Å²) in [5.41, 5.74) is 4.95. The molecule has 2 aromatic heterocycles. The van der Waals surface area contributed by atoms with Gasteiger partial charge in [0, 0.05) is 19.6 Å². The summed E-state index contributed by atoms with van der Waals surface area (Å²) in [6, 6.07) is 6.47. The van der Waals surface area contributed by atoms with Crippen molar-refractivity contribution < 1.29 is 9.18 Å². The molecule has 1 aromatic carbocycles. The summed E-state index contributed by atoms with van der Waals surface area (Å²) < 4.78 is 18.4. The molecule has 11 heteroatoms. The van der Waals surface area contributed by atoms with E-state index < -0.39 is 22.8 Å². The van der Waals surface area contributed by atoms with Gasteiger partial charge in [-0.25, -0.2) is 9.18 Å². The number of thioether (sulfide) groups is 1. The first kappa shape index (κ1) is 23.0. The van der Waals surface area contributed by atoms with E-state index in [2.05, 4.69) is 10.2 Å². The van der Waals surface area contributed by atoms with Crippen LogP contribution < -0.4 is 17.0 Å². The number of Topliss-reactive ketones (excluding diaryl/α,β-unsaturated/α-hetero) is 1. The second kappa shape index (κ2) is 8.97. The molecule has 0 bridgehead atoms. The maximum absolute atomic E-state index is 14.4. The van der Waals surface area contributed by atoms with Crippen LogP contribution in [-0.2, 0) is 13.6 Å². The molecule has 4 rings (SSSR count). The lowest BCUT2D eigenvalue weighted by molar-refractivity contribution is 0.102. The van der Waals surface area contributed by atoms with Crippen molar-refractivity contribution in [2.45, 2.75) is 44.4 Å². The minimum Gasteiger partial charge on any atom is -0.384 e. The largest absolute Gasteiger partial charge is 0.384 e. The fourth-order valence-electron chi connectivity index (χ4n) is 3.65. The van der Waals surface area contributed by atoms with Crippen LogP contribution in [0.1, 0.15) is 43.1 Å². The first-order chi connectivity index (χ1) is 15.7. The lowest BCUT2D eigenvalue weighted by Gasteiger charge is -2.16. The van der Waals surface area contributed by atoms with Crippen LogP contribution in [0.4, 0.5) is 10.2 Å². The zero-order valence-electron chi connectivity index (χ0n) is 18.6.